The molecule has 0 heterocycles. The topological polar surface area (TPSA) is 79.2 Å². The molecule has 23 heavy (non-hydrogen) atoms. The van der Waals surface area contributed by atoms with Gasteiger partial charge in [0, 0.05) is 5.69 Å². The Hall–Kier alpha value is -3.13. The van der Waals surface area contributed by atoms with Gasteiger partial charge in [-0.1, -0.05) is 23.8 Å². The molecule has 5 nitrogen and oxygen atoms in total. The minimum absolute atomic E-state index is 0.235. The van der Waals surface area contributed by atoms with Gasteiger partial charge in [-0.15, -0.1) is 0 Å². The van der Waals surface area contributed by atoms with Crippen LogP contribution in [-0.2, 0) is 9.53 Å². The zero-order valence-corrected chi connectivity index (χ0v) is 12.9. The first-order valence-corrected chi connectivity index (χ1v) is 7.08. The molecule has 1 atom stereocenters. The summed E-state index contributed by atoms with van der Waals surface area (Å²) in [5.74, 6) is -1.06. The van der Waals surface area contributed by atoms with Gasteiger partial charge >= 0.3 is 5.97 Å². The van der Waals surface area contributed by atoms with Crippen LogP contribution < -0.4 is 5.32 Å². The van der Waals surface area contributed by atoms with E-state index in [0.29, 0.717) is 11.3 Å². The summed E-state index contributed by atoms with van der Waals surface area (Å²) < 4.78 is 5.13. The SMILES string of the molecule is Cc1ccc(NC(=O)[C@@H](C)OC(=O)c2cccc(C#N)c2)cc1. The molecule has 2 aromatic rings. The maximum atomic E-state index is 12.0. The molecule has 0 aliphatic rings. The summed E-state index contributed by atoms with van der Waals surface area (Å²) in [6.07, 6.45) is -0.949. The fourth-order valence-corrected chi connectivity index (χ4v) is 1.88. The Balaban J connectivity index is 1.98. The van der Waals surface area contributed by atoms with Crippen LogP contribution in [0.15, 0.2) is 48.5 Å². The van der Waals surface area contributed by atoms with Crippen molar-refractivity contribution in [1.29, 1.82) is 5.26 Å². The lowest BCUT2D eigenvalue weighted by Crippen LogP contribution is -2.30. The molecule has 2 aromatic carbocycles. The predicted octanol–water partition coefficient (Wildman–Crippen LogP) is 3.05. The highest BCUT2D eigenvalue weighted by molar-refractivity contribution is 5.97. The number of benzene rings is 2. The highest BCUT2D eigenvalue weighted by atomic mass is 16.5. The van der Waals surface area contributed by atoms with Gasteiger partial charge in [-0.25, -0.2) is 4.79 Å². The fourth-order valence-electron chi connectivity index (χ4n) is 1.88. The van der Waals surface area contributed by atoms with E-state index in [0.717, 1.165) is 5.56 Å². The summed E-state index contributed by atoms with van der Waals surface area (Å²) in [7, 11) is 0. The van der Waals surface area contributed by atoms with Crippen molar-refractivity contribution in [3.8, 4) is 6.07 Å². The first-order chi connectivity index (χ1) is 11.0. The van der Waals surface area contributed by atoms with Crippen molar-refractivity contribution in [3.05, 3.63) is 65.2 Å². The van der Waals surface area contributed by atoms with Crippen LogP contribution in [0.2, 0.25) is 0 Å². The Morgan fingerprint density at radius 1 is 1.17 bits per heavy atom. The van der Waals surface area contributed by atoms with Gasteiger partial charge in [-0.3, -0.25) is 4.79 Å². The second-order valence-corrected chi connectivity index (χ2v) is 5.10. The molecule has 2 rings (SSSR count). The zero-order chi connectivity index (χ0) is 16.8. The quantitative estimate of drug-likeness (QED) is 0.880. The average Bonchev–Trinajstić information content (AvgIpc) is 2.56. The third-order valence-electron chi connectivity index (χ3n) is 3.20. The van der Waals surface area contributed by atoms with Gasteiger partial charge in [0.05, 0.1) is 17.2 Å². The number of nitrogens with zero attached hydrogens (tertiary/aromatic N) is 1. The number of esters is 1. The number of anilines is 1. The summed E-state index contributed by atoms with van der Waals surface area (Å²) in [5, 5.41) is 11.5. The molecular weight excluding hydrogens is 292 g/mol. The van der Waals surface area contributed by atoms with Crippen molar-refractivity contribution in [1.82, 2.24) is 0 Å². The predicted molar refractivity (Wildman–Crippen MR) is 85.8 cm³/mol. The van der Waals surface area contributed by atoms with Crippen molar-refractivity contribution < 1.29 is 14.3 Å². The smallest absolute Gasteiger partial charge is 0.338 e. The van der Waals surface area contributed by atoms with E-state index >= 15 is 0 Å². The van der Waals surface area contributed by atoms with Crippen LogP contribution in [0.1, 0.15) is 28.4 Å². The minimum Gasteiger partial charge on any atom is -0.449 e. The molecule has 0 bridgehead atoms. The first kappa shape index (κ1) is 16.2. The Bertz CT molecular complexity index is 761. The number of hydrogen-bond acceptors (Lipinski definition) is 4. The van der Waals surface area contributed by atoms with Crippen molar-refractivity contribution in [2.75, 3.05) is 5.32 Å². The van der Waals surface area contributed by atoms with E-state index in [9.17, 15) is 9.59 Å². The second-order valence-electron chi connectivity index (χ2n) is 5.10. The largest absolute Gasteiger partial charge is 0.449 e. The van der Waals surface area contributed by atoms with Crippen LogP contribution in [0, 0.1) is 18.3 Å². The molecule has 0 aliphatic heterocycles. The second kappa shape index (κ2) is 7.23. The van der Waals surface area contributed by atoms with Crippen molar-refractivity contribution in [2.24, 2.45) is 0 Å². The summed E-state index contributed by atoms with van der Waals surface area (Å²) in [6, 6.07) is 15.4. The normalized spacial score (nSPS) is 11.2. The number of nitriles is 1. The summed E-state index contributed by atoms with van der Waals surface area (Å²) in [6.45, 7) is 3.45. The first-order valence-electron chi connectivity index (χ1n) is 7.08. The maximum Gasteiger partial charge on any atom is 0.338 e. The van der Waals surface area contributed by atoms with Crippen LogP contribution in [0.4, 0.5) is 5.69 Å². The highest BCUT2D eigenvalue weighted by Crippen LogP contribution is 2.11. The molecule has 0 fully saturated rings. The number of ether oxygens (including phenoxy) is 1. The van der Waals surface area contributed by atoms with Crippen molar-refractivity contribution >= 4 is 17.6 Å². The van der Waals surface area contributed by atoms with E-state index < -0.39 is 18.0 Å². The molecule has 0 saturated heterocycles. The summed E-state index contributed by atoms with van der Waals surface area (Å²) in [4.78, 5) is 24.1. The number of carbonyl (C=O) groups is 2. The van der Waals surface area contributed by atoms with E-state index in [1.165, 1.54) is 19.1 Å². The highest BCUT2D eigenvalue weighted by Gasteiger charge is 2.19. The van der Waals surface area contributed by atoms with E-state index in [-0.39, 0.29) is 5.56 Å². The molecule has 0 spiro atoms. The third kappa shape index (κ3) is 4.42. The third-order valence-corrected chi connectivity index (χ3v) is 3.20. The number of rotatable bonds is 4. The number of carbonyl (C=O) groups excluding carboxylic acids is 2. The molecule has 0 unspecified atom stereocenters. The lowest BCUT2D eigenvalue weighted by atomic mass is 10.1. The van der Waals surface area contributed by atoms with E-state index in [2.05, 4.69) is 5.32 Å². The molecule has 5 heteroatoms. The van der Waals surface area contributed by atoms with Crippen LogP contribution >= 0.6 is 0 Å². The van der Waals surface area contributed by atoms with Gasteiger partial charge in [0.25, 0.3) is 5.91 Å². The Labute approximate surface area is 134 Å². The molecule has 116 valence electrons. The maximum absolute atomic E-state index is 12.0. The van der Waals surface area contributed by atoms with Crippen molar-refractivity contribution in [3.63, 3.8) is 0 Å². The van der Waals surface area contributed by atoms with Crippen LogP contribution in [-0.4, -0.2) is 18.0 Å². The summed E-state index contributed by atoms with van der Waals surface area (Å²) >= 11 is 0. The van der Waals surface area contributed by atoms with Gasteiger partial charge in [0.1, 0.15) is 0 Å². The molecule has 1 amide bonds. The fraction of sp³-hybridized carbons (Fsp3) is 0.167. The van der Waals surface area contributed by atoms with Gasteiger partial charge in [0.2, 0.25) is 0 Å². The lowest BCUT2D eigenvalue weighted by molar-refractivity contribution is -0.123. The van der Waals surface area contributed by atoms with Crippen LogP contribution in [0.3, 0.4) is 0 Å². The van der Waals surface area contributed by atoms with E-state index in [4.69, 9.17) is 10.00 Å². The molecule has 0 aliphatic carbocycles. The van der Waals surface area contributed by atoms with E-state index in [1.54, 1.807) is 24.3 Å². The van der Waals surface area contributed by atoms with Crippen molar-refractivity contribution in [2.45, 2.75) is 20.0 Å². The Kier molecular flexibility index (Phi) is 5.11. The van der Waals surface area contributed by atoms with E-state index in [1.807, 2.05) is 25.1 Å². The van der Waals surface area contributed by atoms with Crippen LogP contribution in [0.5, 0.6) is 0 Å². The standard InChI is InChI=1S/C18H16N2O3/c1-12-6-8-16(9-7-12)20-17(21)13(2)23-18(22)15-5-3-4-14(10-15)11-19/h3-10,13H,1-2H3,(H,20,21)/t13-/m1/s1. The van der Waals surface area contributed by atoms with Gasteiger partial charge < -0.3 is 10.1 Å². The minimum atomic E-state index is -0.949. The Morgan fingerprint density at radius 3 is 2.52 bits per heavy atom. The molecule has 0 radical (unpaired) electrons. The van der Waals surface area contributed by atoms with Crippen LogP contribution in [0.25, 0.3) is 0 Å². The lowest BCUT2D eigenvalue weighted by Gasteiger charge is -2.13. The number of nitrogens with one attached hydrogen (secondary N) is 1. The Morgan fingerprint density at radius 2 is 1.87 bits per heavy atom. The number of amides is 1. The molecule has 1 N–H and O–H groups in total. The van der Waals surface area contributed by atoms with Gasteiger partial charge in [-0.05, 0) is 44.2 Å². The van der Waals surface area contributed by atoms with Gasteiger partial charge in [0.15, 0.2) is 6.10 Å². The monoisotopic (exact) mass is 308 g/mol. The molecular formula is C18H16N2O3. The molecule has 0 saturated carbocycles. The van der Waals surface area contributed by atoms with Gasteiger partial charge in [-0.2, -0.15) is 5.26 Å². The number of hydrogen-bond donors (Lipinski definition) is 1. The summed E-state index contributed by atoms with van der Waals surface area (Å²) in [5.41, 5.74) is 2.31. The number of aryl methyl sites for hydroxylation is 1. The average molecular weight is 308 g/mol. The molecule has 0 aromatic heterocycles. The zero-order valence-electron chi connectivity index (χ0n) is 12.9.